The zero-order valence-electron chi connectivity index (χ0n) is 32.1. The van der Waals surface area contributed by atoms with Gasteiger partial charge in [-0.2, -0.15) is 0 Å². The summed E-state index contributed by atoms with van der Waals surface area (Å²) in [6.07, 6.45) is 0. The normalized spacial score (nSPS) is 17.9. The fourth-order valence-electron chi connectivity index (χ4n) is 9.12. The van der Waals surface area contributed by atoms with Crippen LogP contribution >= 0.6 is 0 Å². The van der Waals surface area contributed by atoms with Gasteiger partial charge in [0.05, 0.1) is 11.1 Å². The van der Waals surface area contributed by atoms with E-state index in [1.54, 1.807) is 0 Å². The van der Waals surface area contributed by atoms with Gasteiger partial charge in [0.15, 0.2) is 11.2 Å². The molecular weight excluding hydrogens is 725 g/mol. The Kier molecular flexibility index (Phi) is 8.33. The second-order valence-corrected chi connectivity index (χ2v) is 15.1. The van der Waals surface area contributed by atoms with E-state index in [-0.39, 0.29) is 12.1 Å². The average Bonchev–Trinajstić information content (AvgIpc) is 4.05. The Bertz CT molecular complexity index is 2700. The van der Waals surface area contributed by atoms with Crippen molar-refractivity contribution in [3.63, 3.8) is 0 Å². The molecule has 0 fully saturated rings. The van der Waals surface area contributed by atoms with Crippen LogP contribution in [-0.4, -0.2) is 11.8 Å². The summed E-state index contributed by atoms with van der Waals surface area (Å²) in [5.41, 5.74) is 7.23. The lowest BCUT2D eigenvalue weighted by Gasteiger charge is -2.35. The topological polar surface area (TPSA) is 56.3 Å². The standard InChI is InChI=1S/C54H38N2O3/c1-7-21-37(22-8-1)49-53(39-25-11-3-12-26-39,40-27-13-4-14-28-40)58-51(55-49)45-35-19-33-43-44-34-20-36-46(48(44)57-47(43)45)52-56-50(38-23-9-2-10-24-38)54(59-52,41-29-15-5-16-30-41)42-31-17-6-18-32-42/h1-36,49-50H/t49-,50-/m1/s1. The monoisotopic (exact) mass is 762 g/mol. The highest BCUT2D eigenvalue weighted by molar-refractivity contribution is 6.17. The van der Waals surface area contributed by atoms with E-state index in [1.807, 2.05) is 48.5 Å². The molecule has 8 aromatic carbocycles. The van der Waals surface area contributed by atoms with E-state index in [0.29, 0.717) is 23.0 Å². The molecule has 3 heterocycles. The molecule has 0 saturated carbocycles. The number of rotatable bonds is 8. The molecule has 2 aliphatic rings. The smallest absolute Gasteiger partial charge is 0.222 e. The Balaban J connectivity index is 1.09. The van der Waals surface area contributed by atoms with E-state index >= 15 is 0 Å². The van der Waals surface area contributed by atoms with Crippen LogP contribution in [0.5, 0.6) is 0 Å². The summed E-state index contributed by atoms with van der Waals surface area (Å²) in [4.78, 5) is 10.9. The van der Waals surface area contributed by atoms with Crippen LogP contribution in [0.3, 0.4) is 0 Å². The quantitative estimate of drug-likeness (QED) is 0.155. The summed E-state index contributed by atoms with van der Waals surface area (Å²) < 4.78 is 21.7. The van der Waals surface area contributed by atoms with Crippen LogP contribution in [-0.2, 0) is 20.7 Å². The van der Waals surface area contributed by atoms with Crippen LogP contribution in [0.15, 0.2) is 233 Å². The van der Waals surface area contributed by atoms with Gasteiger partial charge in [-0.15, -0.1) is 0 Å². The minimum atomic E-state index is -0.935. The lowest BCUT2D eigenvalue weighted by Crippen LogP contribution is -2.34. The van der Waals surface area contributed by atoms with Crippen LogP contribution in [0.4, 0.5) is 0 Å². The van der Waals surface area contributed by atoms with Crippen molar-refractivity contribution >= 4 is 33.7 Å². The van der Waals surface area contributed by atoms with Gasteiger partial charge >= 0.3 is 0 Å². The fraction of sp³-hybridized carbons (Fsp3) is 0.0741. The molecule has 0 unspecified atom stereocenters. The number of furan rings is 1. The van der Waals surface area contributed by atoms with Crippen molar-refractivity contribution in [3.05, 3.63) is 263 Å². The summed E-state index contributed by atoms with van der Waals surface area (Å²) in [5, 5.41) is 1.91. The number of hydrogen-bond donors (Lipinski definition) is 0. The third-order valence-electron chi connectivity index (χ3n) is 11.8. The first-order valence-corrected chi connectivity index (χ1v) is 20.0. The van der Waals surface area contributed by atoms with Crippen LogP contribution in [0.2, 0.25) is 0 Å². The highest BCUT2D eigenvalue weighted by Gasteiger charge is 2.52. The predicted molar refractivity (Wildman–Crippen MR) is 235 cm³/mol. The van der Waals surface area contributed by atoms with Crippen LogP contribution in [0.1, 0.15) is 56.6 Å². The van der Waals surface area contributed by atoms with Crippen LogP contribution in [0.25, 0.3) is 21.9 Å². The van der Waals surface area contributed by atoms with E-state index < -0.39 is 11.2 Å². The molecule has 1 aromatic heterocycles. The molecule has 0 saturated heterocycles. The van der Waals surface area contributed by atoms with Crippen molar-refractivity contribution < 1.29 is 13.9 Å². The van der Waals surface area contributed by atoms with Gasteiger partial charge in [-0.3, -0.25) is 0 Å². The number of nitrogens with zero attached hydrogens (tertiary/aromatic N) is 2. The van der Waals surface area contributed by atoms with E-state index in [1.165, 1.54) is 0 Å². The Morgan fingerprint density at radius 3 is 0.949 bits per heavy atom. The number of fused-ring (bicyclic) bond motifs is 3. The highest BCUT2D eigenvalue weighted by Crippen LogP contribution is 2.53. The molecule has 2 aliphatic heterocycles. The van der Waals surface area contributed by atoms with Gasteiger partial charge in [0.25, 0.3) is 0 Å². The SMILES string of the molecule is c1ccc([C@H]2N=C(c3cccc4c3oc3c(C5=N[C@H](c6ccccc6)C(c6ccccc6)(c6ccccc6)O5)cccc34)OC2(c2ccccc2)c2ccccc2)cc1. The van der Waals surface area contributed by atoms with E-state index in [4.69, 9.17) is 23.9 Å². The van der Waals surface area contributed by atoms with Crippen LogP contribution < -0.4 is 0 Å². The highest BCUT2D eigenvalue weighted by atomic mass is 16.5. The molecule has 59 heavy (non-hydrogen) atoms. The van der Waals surface area contributed by atoms with Crippen molar-refractivity contribution in [3.8, 4) is 0 Å². The van der Waals surface area contributed by atoms with Gasteiger partial charge in [0.1, 0.15) is 23.2 Å². The number of para-hydroxylation sites is 2. The maximum atomic E-state index is 7.34. The molecule has 0 spiro atoms. The summed E-state index contributed by atoms with van der Waals surface area (Å²) in [6, 6.07) is 74.1. The zero-order valence-corrected chi connectivity index (χ0v) is 32.1. The predicted octanol–water partition coefficient (Wildman–Crippen LogP) is 12.5. The molecule has 5 nitrogen and oxygen atoms in total. The van der Waals surface area contributed by atoms with Gasteiger partial charge in [-0.1, -0.05) is 206 Å². The molecule has 0 bridgehead atoms. The summed E-state index contributed by atoms with van der Waals surface area (Å²) in [5.74, 6) is 1.03. The molecule has 282 valence electrons. The molecule has 0 aliphatic carbocycles. The first kappa shape index (κ1) is 34.7. The summed E-state index contributed by atoms with van der Waals surface area (Å²) in [6.45, 7) is 0. The van der Waals surface area contributed by atoms with Gasteiger partial charge in [-0.05, 0) is 23.3 Å². The van der Waals surface area contributed by atoms with Crippen molar-refractivity contribution in [2.24, 2.45) is 9.98 Å². The second kappa shape index (κ2) is 14.2. The number of ether oxygens (including phenoxy) is 2. The summed E-state index contributed by atoms with van der Waals surface area (Å²) >= 11 is 0. The Morgan fingerprint density at radius 2 is 0.627 bits per heavy atom. The molecule has 11 rings (SSSR count). The fourth-order valence-corrected chi connectivity index (χ4v) is 9.12. The zero-order chi connectivity index (χ0) is 39.2. The van der Waals surface area contributed by atoms with Gasteiger partial charge in [0, 0.05) is 33.0 Å². The number of aliphatic imine (C=N–C) groups is 2. The van der Waals surface area contributed by atoms with Gasteiger partial charge in [0.2, 0.25) is 11.8 Å². The van der Waals surface area contributed by atoms with Crippen molar-refractivity contribution in [1.29, 1.82) is 0 Å². The molecule has 5 heteroatoms. The minimum Gasteiger partial charge on any atom is -0.458 e. The van der Waals surface area contributed by atoms with Gasteiger partial charge in [-0.25, -0.2) is 9.98 Å². The number of benzene rings is 8. The Hall–Kier alpha value is -7.50. The van der Waals surface area contributed by atoms with E-state index in [2.05, 4.69) is 170 Å². The third kappa shape index (κ3) is 5.53. The van der Waals surface area contributed by atoms with Crippen molar-refractivity contribution in [2.45, 2.75) is 23.3 Å². The number of hydrogen-bond acceptors (Lipinski definition) is 5. The Morgan fingerprint density at radius 1 is 0.322 bits per heavy atom. The van der Waals surface area contributed by atoms with Gasteiger partial charge < -0.3 is 13.9 Å². The molecule has 9 aromatic rings. The minimum absolute atomic E-state index is 0.376. The summed E-state index contributed by atoms with van der Waals surface area (Å²) in [7, 11) is 0. The van der Waals surface area contributed by atoms with Crippen LogP contribution in [0, 0.1) is 0 Å². The lowest BCUT2D eigenvalue weighted by atomic mass is 9.78. The van der Waals surface area contributed by atoms with E-state index in [9.17, 15) is 0 Å². The third-order valence-corrected chi connectivity index (χ3v) is 11.8. The first-order valence-electron chi connectivity index (χ1n) is 20.0. The van der Waals surface area contributed by atoms with Crippen molar-refractivity contribution in [2.75, 3.05) is 0 Å². The van der Waals surface area contributed by atoms with E-state index in [0.717, 1.165) is 55.3 Å². The van der Waals surface area contributed by atoms with Crippen molar-refractivity contribution in [1.82, 2.24) is 0 Å². The molecule has 2 atom stereocenters. The Labute approximate surface area is 342 Å². The molecule has 0 radical (unpaired) electrons. The maximum Gasteiger partial charge on any atom is 0.222 e. The largest absolute Gasteiger partial charge is 0.458 e. The molecule has 0 N–H and O–H groups in total. The molecule has 0 amide bonds. The lowest BCUT2D eigenvalue weighted by molar-refractivity contribution is 0.0980. The average molecular weight is 763 g/mol. The maximum absolute atomic E-state index is 7.34. The first-order chi connectivity index (χ1) is 29.2. The second-order valence-electron chi connectivity index (χ2n) is 15.1. The molecular formula is C54H38N2O3.